The average Bonchev–Trinajstić information content (AvgIpc) is 2.83. The van der Waals surface area contributed by atoms with E-state index in [1.165, 1.54) is 12.1 Å². The molecule has 0 saturated heterocycles. The number of carboxylic acid groups (broad SMARTS) is 1. The number of carbonyl (C=O) groups is 2. The zero-order valence-electron chi connectivity index (χ0n) is 10.0. The predicted octanol–water partition coefficient (Wildman–Crippen LogP) is 3.03. The first-order valence-electron chi connectivity index (χ1n) is 5.96. The van der Waals surface area contributed by atoms with Gasteiger partial charge < -0.3 is 10.4 Å². The first-order valence-corrected chi connectivity index (χ1v) is 6.76. The van der Waals surface area contributed by atoms with Gasteiger partial charge in [0.25, 0.3) is 0 Å². The molecule has 0 heterocycles. The predicted molar refractivity (Wildman–Crippen MR) is 71.2 cm³/mol. The molecular weight excluding hydrogens is 317 g/mol. The second-order valence-electron chi connectivity index (χ2n) is 4.63. The maximum atomic E-state index is 13.6. The minimum absolute atomic E-state index is 0.103. The van der Waals surface area contributed by atoms with E-state index in [1.807, 2.05) is 0 Å². The largest absolute Gasteiger partial charge is 0.481 e. The van der Waals surface area contributed by atoms with E-state index in [9.17, 15) is 14.0 Å². The lowest BCUT2D eigenvalue weighted by atomic mass is 10.0. The van der Waals surface area contributed by atoms with E-state index < -0.39 is 17.7 Å². The van der Waals surface area contributed by atoms with Crippen molar-refractivity contribution in [3.05, 3.63) is 28.5 Å². The number of carboxylic acids is 1. The molecule has 1 amide bonds. The van der Waals surface area contributed by atoms with E-state index in [0.29, 0.717) is 23.7 Å². The van der Waals surface area contributed by atoms with Crippen LogP contribution in [0.3, 0.4) is 0 Å². The Labute approximate surface area is 118 Å². The Morgan fingerprint density at radius 1 is 1.32 bits per heavy atom. The third kappa shape index (κ3) is 3.12. The zero-order valence-corrected chi connectivity index (χ0v) is 11.6. The maximum Gasteiger partial charge on any atom is 0.306 e. The van der Waals surface area contributed by atoms with Crippen molar-refractivity contribution in [1.29, 1.82) is 0 Å². The van der Waals surface area contributed by atoms with E-state index in [-0.39, 0.29) is 17.5 Å². The number of hydrogen-bond donors (Lipinski definition) is 2. The summed E-state index contributed by atoms with van der Waals surface area (Å²) < 4.78 is 14.0. The second kappa shape index (κ2) is 5.69. The van der Waals surface area contributed by atoms with Gasteiger partial charge >= 0.3 is 5.97 Å². The summed E-state index contributed by atoms with van der Waals surface area (Å²) in [5.41, 5.74) is 0.103. The molecule has 2 N–H and O–H groups in total. The molecule has 1 aliphatic carbocycles. The van der Waals surface area contributed by atoms with Gasteiger partial charge in [0.2, 0.25) is 5.91 Å². The van der Waals surface area contributed by atoms with Crippen LogP contribution in [0.2, 0.25) is 0 Å². The number of anilines is 1. The standard InChI is InChI=1S/C13H13BrFNO3/c14-9-2-1-3-10(15)11(9)16-12(17)7-4-5-8(6-7)13(18)19/h1-3,7-8H,4-6H2,(H,16,17)(H,18,19). The Kier molecular flexibility index (Phi) is 4.19. The second-order valence-corrected chi connectivity index (χ2v) is 5.49. The summed E-state index contributed by atoms with van der Waals surface area (Å²) in [6, 6.07) is 4.42. The van der Waals surface area contributed by atoms with Crippen molar-refractivity contribution < 1.29 is 19.1 Å². The van der Waals surface area contributed by atoms with Gasteiger partial charge in [-0.2, -0.15) is 0 Å². The lowest BCUT2D eigenvalue weighted by molar-refractivity contribution is -0.141. The summed E-state index contributed by atoms with van der Waals surface area (Å²) in [6.45, 7) is 0. The Morgan fingerprint density at radius 3 is 2.58 bits per heavy atom. The molecule has 102 valence electrons. The Bertz CT molecular complexity index is 500. The quantitative estimate of drug-likeness (QED) is 0.895. The summed E-state index contributed by atoms with van der Waals surface area (Å²) in [4.78, 5) is 22.8. The minimum atomic E-state index is -0.873. The number of carbonyl (C=O) groups excluding carboxylic acids is 1. The van der Waals surface area contributed by atoms with Gasteiger partial charge in [-0.15, -0.1) is 0 Å². The van der Waals surface area contributed by atoms with Crippen molar-refractivity contribution in [3.8, 4) is 0 Å². The highest BCUT2D eigenvalue weighted by molar-refractivity contribution is 9.10. The summed E-state index contributed by atoms with van der Waals surface area (Å²) in [6.07, 6.45) is 1.33. The summed E-state index contributed by atoms with van der Waals surface area (Å²) in [7, 11) is 0. The third-order valence-corrected chi connectivity index (χ3v) is 4.02. The molecule has 19 heavy (non-hydrogen) atoms. The van der Waals surface area contributed by atoms with Gasteiger partial charge in [-0.1, -0.05) is 6.07 Å². The normalized spacial score (nSPS) is 22.2. The van der Waals surface area contributed by atoms with Crippen LogP contribution < -0.4 is 5.32 Å². The topological polar surface area (TPSA) is 66.4 Å². The van der Waals surface area contributed by atoms with Gasteiger partial charge in [0.05, 0.1) is 11.6 Å². The van der Waals surface area contributed by atoms with E-state index in [4.69, 9.17) is 5.11 Å². The highest BCUT2D eigenvalue weighted by Gasteiger charge is 2.34. The number of halogens is 2. The van der Waals surface area contributed by atoms with Crippen LogP contribution in [0.1, 0.15) is 19.3 Å². The smallest absolute Gasteiger partial charge is 0.306 e. The molecule has 2 unspecified atom stereocenters. The van der Waals surface area contributed by atoms with Gasteiger partial charge in [0.15, 0.2) is 0 Å². The van der Waals surface area contributed by atoms with Crippen LogP contribution in [0, 0.1) is 17.7 Å². The molecule has 1 aromatic rings. The van der Waals surface area contributed by atoms with Gasteiger partial charge in [0.1, 0.15) is 5.82 Å². The van der Waals surface area contributed by atoms with E-state index in [2.05, 4.69) is 21.2 Å². The molecule has 1 aromatic carbocycles. The minimum Gasteiger partial charge on any atom is -0.481 e. The molecule has 0 spiro atoms. The van der Waals surface area contributed by atoms with Crippen LogP contribution in [-0.2, 0) is 9.59 Å². The molecule has 1 saturated carbocycles. The molecule has 0 aliphatic heterocycles. The van der Waals surface area contributed by atoms with Crippen molar-refractivity contribution in [3.63, 3.8) is 0 Å². The fourth-order valence-corrected chi connectivity index (χ4v) is 2.73. The number of hydrogen-bond acceptors (Lipinski definition) is 2. The van der Waals surface area contributed by atoms with Crippen molar-refractivity contribution in [1.82, 2.24) is 0 Å². The molecular formula is C13H13BrFNO3. The summed E-state index contributed by atoms with van der Waals surface area (Å²) >= 11 is 3.17. The fourth-order valence-electron chi connectivity index (χ4n) is 2.29. The average molecular weight is 330 g/mol. The highest BCUT2D eigenvalue weighted by Crippen LogP contribution is 2.33. The molecule has 6 heteroatoms. The maximum absolute atomic E-state index is 13.6. The van der Waals surface area contributed by atoms with Crippen LogP contribution in [-0.4, -0.2) is 17.0 Å². The molecule has 1 fully saturated rings. The number of benzene rings is 1. The number of rotatable bonds is 3. The molecule has 2 atom stereocenters. The monoisotopic (exact) mass is 329 g/mol. The van der Waals surface area contributed by atoms with Crippen LogP contribution in [0.25, 0.3) is 0 Å². The van der Waals surface area contributed by atoms with Crippen LogP contribution >= 0.6 is 15.9 Å². The number of para-hydroxylation sites is 1. The number of aliphatic carboxylic acids is 1. The molecule has 4 nitrogen and oxygen atoms in total. The molecule has 1 aliphatic rings. The van der Waals surface area contributed by atoms with E-state index in [1.54, 1.807) is 6.07 Å². The lowest BCUT2D eigenvalue weighted by Gasteiger charge is -2.12. The first kappa shape index (κ1) is 14.0. The zero-order chi connectivity index (χ0) is 14.0. The summed E-state index contributed by atoms with van der Waals surface area (Å²) in [5.74, 6) is -2.56. The Morgan fingerprint density at radius 2 is 2.00 bits per heavy atom. The third-order valence-electron chi connectivity index (χ3n) is 3.36. The van der Waals surface area contributed by atoms with Crippen molar-refractivity contribution in [2.45, 2.75) is 19.3 Å². The SMILES string of the molecule is O=C(O)C1CCC(C(=O)Nc2c(F)cccc2Br)C1. The van der Waals surface area contributed by atoms with Gasteiger partial charge in [-0.25, -0.2) is 4.39 Å². The van der Waals surface area contributed by atoms with Crippen molar-refractivity contribution in [2.75, 3.05) is 5.32 Å². The van der Waals surface area contributed by atoms with E-state index in [0.717, 1.165) is 0 Å². The number of nitrogens with one attached hydrogen (secondary N) is 1. The van der Waals surface area contributed by atoms with Crippen LogP contribution in [0.15, 0.2) is 22.7 Å². The number of amides is 1. The van der Waals surface area contributed by atoms with E-state index >= 15 is 0 Å². The van der Waals surface area contributed by atoms with Crippen LogP contribution in [0.4, 0.5) is 10.1 Å². The first-order chi connectivity index (χ1) is 8.99. The van der Waals surface area contributed by atoms with Crippen LogP contribution in [0.5, 0.6) is 0 Å². The van der Waals surface area contributed by atoms with Gasteiger partial charge in [-0.05, 0) is 47.3 Å². The highest BCUT2D eigenvalue weighted by atomic mass is 79.9. The Hall–Kier alpha value is -1.43. The molecule has 0 radical (unpaired) electrons. The van der Waals surface area contributed by atoms with Crippen molar-refractivity contribution >= 4 is 33.5 Å². The van der Waals surface area contributed by atoms with Gasteiger partial charge in [-0.3, -0.25) is 9.59 Å². The van der Waals surface area contributed by atoms with Gasteiger partial charge in [0, 0.05) is 10.4 Å². The van der Waals surface area contributed by atoms with Crippen molar-refractivity contribution in [2.24, 2.45) is 11.8 Å². The Balaban J connectivity index is 2.04. The molecule has 0 aromatic heterocycles. The lowest BCUT2D eigenvalue weighted by Crippen LogP contribution is -2.22. The summed E-state index contributed by atoms with van der Waals surface area (Å²) in [5, 5.41) is 11.4. The molecule has 0 bridgehead atoms. The molecule has 2 rings (SSSR count). The fraction of sp³-hybridized carbons (Fsp3) is 0.385.